The van der Waals surface area contributed by atoms with Gasteiger partial charge in [-0.3, -0.25) is 0 Å². The average molecular weight is 332 g/mol. The zero-order chi connectivity index (χ0) is 12.7. The third-order valence-electron chi connectivity index (χ3n) is 3.07. The lowest BCUT2D eigenvalue weighted by Gasteiger charge is -2.28. The maximum absolute atomic E-state index is 6.10. The summed E-state index contributed by atoms with van der Waals surface area (Å²) >= 11 is 9.52. The van der Waals surface area contributed by atoms with E-state index in [0.717, 1.165) is 47.9 Å². The summed E-state index contributed by atoms with van der Waals surface area (Å²) < 4.78 is 8.00. The van der Waals surface area contributed by atoms with Gasteiger partial charge in [0, 0.05) is 26.2 Å². The standard InChI is InChI=1S/C11H12BrClN4O/c1-16-10-9(15-11(16)12)7(6-8(13)14-10)17-2-4-18-5-3-17/h6H,2-5H2,1H3. The zero-order valence-corrected chi connectivity index (χ0v) is 12.2. The molecule has 1 aliphatic rings. The number of aryl methyl sites for hydroxylation is 1. The number of anilines is 1. The predicted molar refractivity (Wildman–Crippen MR) is 74.3 cm³/mol. The van der Waals surface area contributed by atoms with E-state index in [1.165, 1.54) is 0 Å². The summed E-state index contributed by atoms with van der Waals surface area (Å²) in [6, 6.07) is 1.87. The van der Waals surface area contributed by atoms with E-state index in [9.17, 15) is 0 Å². The van der Waals surface area contributed by atoms with Crippen LogP contribution >= 0.6 is 27.5 Å². The lowest BCUT2D eigenvalue weighted by atomic mass is 10.3. The number of nitrogens with zero attached hydrogens (tertiary/aromatic N) is 4. The van der Waals surface area contributed by atoms with E-state index in [-0.39, 0.29) is 0 Å². The van der Waals surface area contributed by atoms with Crippen LogP contribution in [0.4, 0.5) is 5.69 Å². The molecule has 0 aliphatic carbocycles. The molecule has 7 heteroatoms. The largest absolute Gasteiger partial charge is 0.378 e. The average Bonchev–Trinajstić information content (AvgIpc) is 2.66. The van der Waals surface area contributed by atoms with E-state index < -0.39 is 0 Å². The molecule has 0 N–H and O–H groups in total. The normalized spacial score (nSPS) is 16.5. The highest BCUT2D eigenvalue weighted by Gasteiger charge is 2.19. The summed E-state index contributed by atoms with van der Waals surface area (Å²) in [5, 5.41) is 0.486. The molecule has 0 spiro atoms. The minimum atomic E-state index is 0.486. The molecule has 0 amide bonds. The van der Waals surface area contributed by atoms with Gasteiger partial charge in [0.25, 0.3) is 0 Å². The molecular weight excluding hydrogens is 320 g/mol. The summed E-state index contributed by atoms with van der Waals surface area (Å²) in [7, 11) is 1.91. The topological polar surface area (TPSA) is 43.2 Å². The molecule has 1 fully saturated rings. The summed E-state index contributed by atoms with van der Waals surface area (Å²) in [6.07, 6.45) is 0. The fourth-order valence-corrected chi connectivity index (χ4v) is 2.65. The number of imidazole rings is 1. The molecule has 3 rings (SSSR count). The highest BCUT2D eigenvalue weighted by atomic mass is 79.9. The Morgan fingerprint density at radius 3 is 2.78 bits per heavy atom. The summed E-state index contributed by atoms with van der Waals surface area (Å²) in [5.41, 5.74) is 2.68. The first-order valence-electron chi connectivity index (χ1n) is 5.68. The van der Waals surface area contributed by atoms with Crippen LogP contribution in [0.1, 0.15) is 0 Å². The molecule has 18 heavy (non-hydrogen) atoms. The van der Waals surface area contributed by atoms with Crippen LogP contribution in [0, 0.1) is 0 Å². The molecule has 3 heterocycles. The number of hydrogen-bond donors (Lipinski definition) is 0. The van der Waals surface area contributed by atoms with E-state index in [4.69, 9.17) is 16.3 Å². The fraction of sp³-hybridized carbons (Fsp3) is 0.455. The van der Waals surface area contributed by atoms with Crippen molar-refractivity contribution >= 4 is 44.4 Å². The van der Waals surface area contributed by atoms with Gasteiger partial charge < -0.3 is 14.2 Å². The van der Waals surface area contributed by atoms with E-state index in [2.05, 4.69) is 30.8 Å². The van der Waals surface area contributed by atoms with Crippen LogP contribution in [-0.4, -0.2) is 40.8 Å². The van der Waals surface area contributed by atoms with E-state index >= 15 is 0 Å². The van der Waals surface area contributed by atoms with Gasteiger partial charge in [0.2, 0.25) is 0 Å². The van der Waals surface area contributed by atoms with Gasteiger partial charge in [-0.25, -0.2) is 9.97 Å². The van der Waals surface area contributed by atoms with Gasteiger partial charge >= 0.3 is 0 Å². The van der Waals surface area contributed by atoms with Crippen molar-refractivity contribution in [1.82, 2.24) is 14.5 Å². The molecule has 2 aromatic heterocycles. The van der Waals surface area contributed by atoms with Crippen molar-refractivity contribution in [1.29, 1.82) is 0 Å². The first kappa shape index (κ1) is 12.2. The van der Waals surface area contributed by atoms with Crippen molar-refractivity contribution in [3.8, 4) is 0 Å². The minimum Gasteiger partial charge on any atom is -0.378 e. The molecule has 96 valence electrons. The van der Waals surface area contributed by atoms with Gasteiger partial charge in [0.15, 0.2) is 10.4 Å². The minimum absolute atomic E-state index is 0.486. The molecular formula is C11H12BrClN4O. The maximum Gasteiger partial charge on any atom is 0.179 e. The van der Waals surface area contributed by atoms with Gasteiger partial charge in [-0.05, 0) is 15.9 Å². The number of fused-ring (bicyclic) bond motifs is 1. The number of aromatic nitrogens is 3. The smallest absolute Gasteiger partial charge is 0.179 e. The van der Waals surface area contributed by atoms with Crippen LogP contribution in [-0.2, 0) is 11.8 Å². The van der Waals surface area contributed by atoms with Crippen molar-refractivity contribution in [2.75, 3.05) is 31.2 Å². The number of ether oxygens (including phenoxy) is 1. The number of morpholine rings is 1. The number of rotatable bonds is 1. The van der Waals surface area contributed by atoms with Gasteiger partial charge in [-0.1, -0.05) is 11.6 Å². The van der Waals surface area contributed by atoms with E-state index in [1.807, 2.05) is 17.7 Å². The summed E-state index contributed by atoms with van der Waals surface area (Å²) in [6.45, 7) is 3.16. The lowest BCUT2D eigenvalue weighted by Crippen LogP contribution is -2.36. The Morgan fingerprint density at radius 1 is 1.33 bits per heavy atom. The monoisotopic (exact) mass is 330 g/mol. The molecule has 5 nitrogen and oxygen atoms in total. The fourth-order valence-electron chi connectivity index (χ4n) is 2.12. The van der Waals surface area contributed by atoms with Crippen LogP contribution in [0.5, 0.6) is 0 Å². The molecule has 1 saturated heterocycles. The predicted octanol–water partition coefficient (Wildman–Crippen LogP) is 2.22. The Labute approximate surface area is 118 Å². The van der Waals surface area contributed by atoms with E-state index in [1.54, 1.807) is 0 Å². The second-order valence-corrected chi connectivity index (χ2v) is 5.27. The maximum atomic E-state index is 6.10. The van der Waals surface area contributed by atoms with Crippen molar-refractivity contribution in [2.24, 2.45) is 7.05 Å². The summed E-state index contributed by atoms with van der Waals surface area (Å²) in [4.78, 5) is 11.1. The van der Waals surface area contributed by atoms with Crippen LogP contribution in [0.3, 0.4) is 0 Å². The molecule has 2 aromatic rings. The second kappa shape index (κ2) is 4.68. The number of halogens is 2. The van der Waals surface area contributed by atoms with Gasteiger partial charge in [0.1, 0.15) is 10.7 Å². The second-order valence-electron chi connectivity index (χ2n) is 4.18. The van der Waals surface area contributed by atoms with Gasteiger partial charge in [0.05, 0.1) is 18.9 Å². The molecule has 0 radical (unpaired) electrons. The van der Waals surface area contributed by atoms with Crippen molar-refractivity contribution < 1.29 is 4.74 Å². The molecule has 0 atom stereocenters. The third kappa shape index (κ3) is 1.98. The Hall–Kier alpha value is -0.850. The lowest BCUT2D eigenvalue weighted by molar-refractivity contribution is 0.123. The van der Waals surface area contributed by atoms with Gasteiger partial charge in [-0.15, -0.1) is 0 Å². The van der Waals surface area contributed by atoms with Crippen molar-refractivity contribution in [2.45, 2.75) is 0 Å². The Morgan fingerprint density at radius 2 is 2.06 bits per heavy atom. The number of pyridine rings is 1. The van der Waals surface area contributed by atoms with Crippen LogP contribution < -0.4 is 4.90 Å². The molecule has 0 aromatic carbocycles. The molecule has 0 bridgehead atoms. The van der Waals surface area contributed by atoms with Crippen LogP contribution in [0.15, 0.2) is 10.8 Å². The Balaban J connectivity index is 2.17. The Kier molecular flexibility index (Phi) is 3.17. The molecule has 0 unspecified atom stereocenters. The van der Waals surface area contributed by atoms with Crippen LogP contribution in [0.25, 0.3) is 11.2 Å². The molecule has 0 saturated carbocycles. The highest BCUT2D eigenvalue weighted by molar-refractivity contribution is 9.10. The SMILES string of the molecule is Cn1c(Br)nc2c(N3CCOCC3)cc(Cl)nc21. The summed E-state index contributed by atoms with van der Waals surface area (Å²) in [5.74, 6) is 0. The quantitative estimate of drug-likeness (QED) is 0.752. The highest BCUT2D eigenvalue weighted by Crippen LogP contribution is 2.30. The first-order valence-corrected chi connectivity index (χ1v) is 6.85. The Bertz CT molecular complexity index is 594. The zero-order valence-electron chi connectivity index (χ0n) is 9.86. The van der Waals surface area contributed by atoms with E-state index in [0.29, 0.717) is 5.15 Å². The van der Waals surface area contributed by atoms with Crippen molar-refractivity contribution in [3.05, 3.63) is 16.0 Å². The first-order chi connectivity index (χ1) is 8.66. The third-order valence-corrected chi connectivity index (χ3v) is 3.98. The van der Waals surface area contributed by atoms with Crippen molar-refractivity contribution in [3.63, 3.8) is 0 Å². The van der Waals surface area contributed by atoms with Crippen LogP contribution in [0.2, 0.25) is 5.15 Å². The molecule has 1 aliphatic heterocycles. The van der Waals surface area contributed by atoms with Gasteiger partial charge in [-0.2, -0.15) is 0 Å². The number of hydrogen-bond acceptors (Lipinski definition) is 4.